The Morgan fingerprint density at radius 1 is 1.10 bits per heavy atom. The van der Waals surface area contributed by atoms with Crippen LogP contribution in [0.5, 0.6) is 0 Å². The average Bonchev–Trinajstić information content (AvgIpc) is 2.27. The van der Waals surface area contributed by atoms with E-state index >= 15 is 0 Å². The second-order valence-electron chi connectivity index (χ2n) is 3.21. The van der Waals surface area contributed by atoms with Gasteiger partial charge in [-0.05, 0) is 31.0 Å². The Kier molecular flexibility index (Phi) is 1.38. The monoisotopic (exact) mass is 135 g/mol. The molecule has 0 atom stereocenters. The van der Waals surface area contributed by atoms with Crippen LogP contribution < -0.4 is 0 Å². The second-order valence-corrected chi connectivity index (χ2v) is 3.21. The van der Waals surface area contributed by atoms with E-state index in [9.17, 15) is 0 Å². The molecule has 0 spiro atoms. The summed E-state index contributed by atoms with van der Waals surface area (Å²) in [5.41, 5.74) is 3.16. The van der Waals surface area contributed by atoms with Crippen molar-refractivity contribution in [2.75, 3.05) is 20.1 Å². The minimum Gasteiger partial charge on any atom is -0.298 e. The first-order valence-corrected chi connectivity index (χ1v) is 3.93. The minimum absolute atomic E-state index is 1.17. The summed E-state index contributed by atoms with van der Waals surface area (Å²) in [6, 6.07) is 0. The average molecular weight is 135 g/mol. The largest absolute Gasteiger partial charge is 0.298 e. The molecule has 0 aromatic heterocycles. The van der Waals surface area contributed by atoms with Gasteiger partial charge >= 0.3 is 0 Å². The number of allylic oxidation sites excluding steroid dienone is 2. The lowest BCUT2D eigenvalue weighted by Gasteiger charge is -2.04. The van der Waals surface area contributed by atoms with Gasteiger partial charge < -0.3 is 0 Å². The molecular formula is C9H13N. The molecule has 10 heavy (non-hydrogen) atoms. The van der Waals surface area contributed by atoms with E-state index in [1.165, 1.54) is 25.9 Å². The fraction of sp³-hybridized carbons (Fsp3) is 0.556. The molecule has 0 N–H and O–H groups in total. The zero-order valence-electron chi connectivity index (χ0n) is 6.43. The van der Waals surface area contributed by atoms with Crippen molar-refractivity contribution in [3.8, 4) is 0 Å². The third kappa shape index (κ3) is 0.907. The fourth-order valence-electron chi connectivity index (χ4n) is 1.75. The highest BCUT2D eigenvalue weighted by Crippen LogP contribution is 2.25. The number of likely N-dealkylation sites (N-methyl/N-ethyl adjacent to an activating group) is 1. The van der Waals surface area contributed by atoms with Crippen molar-refractivity contribution in [2.24, 2.45) is 0 Å². The topological polar surface area (TPSA) is 3.24 Å². The van der Waals surface area contributed by atoms with Crippen molar-refractivity contribution < 1.29 is 0 Å². The van der Waals surface area contributed by atoms with Crippen LogP contribution in [0.4, 0.5) is 0 Å². The van der Waals surface area contributed by atoms with Gasteiger partial charge in [0.1, 0.15) is 0 Å². The number of rotatable bonds is 0. The predicted molar refractivity (Wildman–Crippen MR) is 42.9 cm³/mol. The summed E-state index contributed by atoms with van der Waals surface area (Å²) in [6.07, 6.45) is 7.29. The van der Waals surface area contributed by atoms with E-state index in [0.29, 0.717) is 0 Å². The zero-order valence-corrected chi connectivity index (χ0v) is 6.43. The van der Waals surface area contributed by atoms with Gasteiger partial charge in [0, 0.05) is 13.1 Å². The molecule has 54 valence electrons. The first-order valence-electron chi connectivity index (χ1n) is 3.93. The molecule has 0 aromatic carbocycles. The predicted octanol–water partition coefficient (Wildman–Crippen LogP) is 1.58. The van der Waals surface area contributed by atoms with Gasteiger partial charge in [0.15, 0.2) is 0 Å². The highest BCUT2D eigenvalue weighted by molar-refractivity contribution is 5.39. The smallest absolute Gasteiger partial charge is 0.0234 e. The van der Waals surface area contributed by atoms with E-state index in [4.69, 9.17) is 0 Å². The summed E-state index contributed by atoms with van der Waals surface area (Å²) in [7, 11) is 2.18. The molecule has 1 heteroatoms. The number of fused-ring (bicyclic) bond motifs is 1. The van der Waals surface area contributed by atoms with Crippen molar-refractivity contribution >= 4 is 0 Å². The molecule has 2 aliphatic rings. The zero-order chi connectivity index (χ0) is 6.97. The van der Waals surface area contributed by atoms with E-state index in [-0.39, 0.29) is 0 Å². The summed E-state index contributed by atoms with van der Waals surface area (Å²) < 4.78 is 0. The van der Waals surface area contributed by atoms with Crippen LogP contribution in [-0.2, 0) is 0 Å². The molecule has 1 heterocycles. The maximum atomic E-state index is 2.39. The molecule has 0 bridgehead atoms. The molecule has 0 aromatic rings. The summed E-state index contributed by atoms with van der Waals surface area (Å²) in [4.78, 5) is 2.36. The van der Waals surface area contributed by atoms with E-state index in [1.54, 1.807) is 11.1 Å². The molecule has 1 aliphatic heterocycles. The van der Waals surface area contributed by atoms with Crippen LogP contribution in [0.15, 0.2) is 23.3 Å². The van der Waals surface area contributed by atoms with Crippen LogP contribution >= 0.6 is 0 Å². The lowest BCUT2D eigenvalue weighted by atomic mass is 10.0. The lowest BCUT2D eigenvalue weighted by Crippen LogP contribution is -2.11. The Morgan fingerprint density at radius 3 is 2.10 bits per heavy atom. The van der Waals surface area contributed by atoms with Gasteiger partial charge in [-0.25, -0.2) is 0 Å². The molecule has 0 saturated carbocycles. The van der Waals surface area contributed by atoms with Crippen LogP contribution in [0.1, 0.15) is 12.8 Å². The molecule has 1 fully saturated rings. The number of hydrogen-bond donors (Lipinski definition) is 0. The summed E-state index contributed by atoms with van der Waals surface area (Å²) in [6.45, 7) is 2.34. The molecule has 1 nitrogen and oxygen atoms in total. The normalized spacial score (nSPS) is 25.7. The van der Waals surface area contributed by atoms with Crippen molar-refractivity contribution in [3.63, 3.8) is 0 Å². The molecule has 0 unspecified atom stereocenters. The molecule has 0 radical (unpaired) electrons. The highest BCUT2D eigenvalue weighted by atomic mass is 15.1. The van der Waals surface area contributed by atoms with Gasteiger partial charge in [0.05, 0.1) is 0 Å². The Labute approximate surface area is 62.0 Å². The molecule has 1 saturated heterocycles. The summed E-state index contributed by atoms with van der Waals surface area (Å²) in [5, 5.41) is 0. The van der Waals surface area contributed by atoms with Crippen LogP contribution in [0.3, 0.4) is 0 Å². The van der Waals surface area contributed by atoms with E-state index in [0.717, 1.165) is 0 Å². The first kappa shape index (κ1) is 6.17. The van der Waals surface area contributed by atoms with Crippen molar-refractivity contribution in [1.29, 1.82) is 0 Å². The third-order valence-electron chi connectivity index (χ3n) is 2.24. The summed E-state index contributed by atoms with van der Waals surface area (Å²) in [5.74, 6) is 0. The molecule has 1 aliphatic carbocycles. The third-order valence-corrected chi connectivity index (χ3v) is 2.24. The van der Waals surface area contributed by atoms with Gasteiger partial charge in [-0.1, -0.05) is 12.2 Å². The van der Waals surface area contributed by atoms with Gasteiger partial charge in [0.25, 0.3) is 0 Å². The number of likely N-dealkylation sites (tertiary alicyclic amines) is 1. The van der Waals surface area contributed by atoms with Crippen LogP contribution in [0, 0.1) is 0 Å². The van der Waals surface area contributed by atoms with Crippen molar-refractivity contribution in [2.45, 2.75) is 12.8 Å². The minimum atomic E-state index is 1.17. The van der Waals surface area contributed by atoms with Crippen LogP contribution in [0.25, 0.3) is 0 Å². The van der Waals surface area contributed by atoms with Crippen LogP contribution in [0.2, 0.25) is 0 Å². The summed E-state index contributed by atoms with van der Waals surface area (Å²) >= 11 is 0. The quantitative estimate of drug-likeness (QED) is 0.487. The highest BCUT2D eigenvalue weighted by Gasteiger charge is 2.18. The number of hydrogen-bond acceptors (Lipinski definition) is 1. The molecule has 0 amide bonds. The van der Waals surface area contributed by atoms with Gasteiger partial charge in [-0.15, -0.1) is 0 Å². The van der Waals surface area contributed by atoms with E-state index in [1.807, 2.05) is 0 Å². The van der Waals surface area contributed by atoms with E-state index in [2.05, 4.69) is 24.1 Å². The first-order chi connectivity index (χ1) is 4.86. The molecular weight excluding hydrogens is 122 g/mol. The Bertz CT molecular complexity index is 179. The SMILES string of the molecule is CN1CC2=CCCC=C2C1. The Hall–Kier alpha value is -0.560. The van der Waals surface area contributed by atoms with Gasteiger partial charge in [-0.3, -0.25) is 4.90 Å². The van der Waals surface area contributed by atoms with Gasteiger partial charge in [-0.2, -0.15) is 0 Å². The van der Waals surface area contributed by atoms with Gasteiger partial charge in [0.2, 0.25) is 0 Å². The van der Waals surface area contributed by atoms with E-state index < -0.39 is 0 Å². The lowest BCUT2D eigenvalue weighted by molar-refractivity contribution is 0.437. The Balaban J connectivity index is 2.25. The van der Waals surface area contributed by atoms with Crippen LogP contribution in [-0.4, -0.2) is 25.0 Å². The second kappa shape index (κ2) is 2.24. The number of nitrogens with zero attached hydrogens (tertiary/aromatic N) is 1. The molecule has 2 rings (SSSR count). The van der Waals surface area contributed by atoms with Crippen molar-refractivity contribution in [1.82, 2.24) is 4.90 Å². The fourth-order valence-corrected chi connectivity index (χ4v) is 1.75. The standard InChI is InChI=1S/C9H13N/c1-10-6-8-4-2-3-5-9(8)7-10/h4-5H,2-3,6-7H2,1H3. The Morgan fingerprint density at radius 2 is 1.60 bits per heavy atom. The maximum Gasteiger partial charge on any atom is 0.0234 e. The van der Waals surface area contributed by atoms with Crippen molar-refractivity contribution in [3.05, 3.63) is 23.3 Å². The maximum absolute atomic E-state index is 2.39.